The summed E-state index contributed by atoms with van der Waals surface area (Å²) >= 11 is 0. The molecule has 0 unspecified atom stereocenters. The number of carbonyl (C=O) groups excluding carboxylic acids is 1. The molecule has 1 aromatic carbocycles. The zero-order chi connectivity index (χ0) is 16.2. The van der Waals surface area contributed by atoms with E-state index in [9.17, 15) is 9.59 Å². The summed E-state index contributed by atoms with van der Waals surface area (Å²) in [6.45, 7) is 3.01. The van der Waals surface area contributed by atoms with E-state index in [4.69, 9.17) is 14.6 Å². The number of hydrogen-bond acceptors (Lipinski definition) is 4. The molecular formula is C16H23NO5. The molecule has 6 heteroatoms. The average Bonchev–Trinajstić information content (AvgIpc) is 2.50. The third kappa shape index (κ3) is 8.14. The fraction of sp³-hybridized carbons (Fsp3) is 0.500. The van der Waals surface area contributed by atoms with Crippen LogP contribution in [-0.2, 0) is 9.59 Å². The Hall–Kier alpha value is -2.24. The van der Waals surface area contributed by atoms with Gasteiger partial charge in [0.2, 0.25) is 0 Å². The van der Waals surface area contributed by atoms with Crippen LogP contribution in [0.5, 0.6) is 11.5 Å². The maximum absolute atomic E-state index is 11.6. The SMILES string of the molecule is CCOc1ccc(OCC(=O)NCCCCCC(=O)O)cc1. The van der Waals surface area contributed by atoms with Crippen molar-refractivity contribution in [1.29, 1.82) is 0 Å². The highest BCUT2D eigenvalue weighted by Gasteiger charge is 2.03. The largest absolute Gasteiger partial charge is 0.494 e. The van der Waals surface area contributed by atoms with Crippen LogP contribution in [0.3, 0.4) is 0 Å². The number of benzene rings is 1. The maximum Gasteiger partial charge on any atom is 0.303 e. The first kappa shape index (κ1) is 17.8. The Morgan fingerprint density at radius 2 is 1.68 bits per heavy atom. The van der Waals surface area contributed by atoms with E-state index < -0.39 is 5.97 Å². The van der Waals surface area contributed by atoms with E-state index in [1.165, 1.54) is 0 Å². The molecule has 0 heterocycles. The van der Waals surface area contributed by atoms with Gasteiger partial charge in [-0.2, -0.15) is 0 Å². The lowest BCUT2D eigenvalue weighted by Gasteiger charge is -2.08. The molecule has 1 aromatic rings. The fourth-order valence-corrected chi connectivity index (χ4v) is 1.80. The molecule has 0 spiro atoms. The molecule has 0 radical (unpaired) electrons. The predicted octanol–water partition coefficient (Wildman–Crippen LogP) is 2.23. The van der Waals surface area contributed by atoms with E-state index in [0.717, 1.165) is 18.6 Å². The van der Waals surface area contributed by atoms with Crippen LogP contribution >= 0.6 is 0 Å². The number of unbranched alkanes of at least 4 members (excludes halogenated alkanes) is 2. The first-order chi connectivity index (χ1) is 10.6. The molecule has 0 fully saturated rings. The van der Waals surface area contributed by atoms with Gasteiger partial charge in [-0.15, -0.1) is 0 Å². The third-order valence-corrected chi connectivity index (χ3v) is 2.89. The number of nitrogens with one attached hydrogen (secondary N) is 1. The molecule has 1 amide bonds. The quantitative estimate of drug-likeness (QED) is 0.612. The Bertz CT molecular complexity index is 458. The molecule has 0 saturated carbocycles. The van der Waals surface area contributed by atoms with Gasteiger partial charge in [-0.1, -0.05) is 6.42 Å². The Morgan fingerprint density at radius 3 is 2.27 bits per heavy atom. The lowest BCUT2D eigenvalue weighted by molar-refractivity contribution is -0.137. The van der Waals surface area contributed by atoms with Gasteiger partial charge in [0.1, 0.15) is 11.5 Å². The van der Waals surface area contributed by atoms with Crippen molar-refractivity contribution < 1.29 is 24.2 Å². The summed E-state index contributed by atoms with van der Waals surface area (Å²) in [4.78, 5) is 21.9. The van der Waals surface area contributed by atoms with Crippen LogP contribution in [-0.4, -0.2) is 36.7 Å². The number of rotatable bonds is 11. The zero-order valence-corrected chi connectivity index (χ0v) is 12.8. The van der Waals surface area contributed by atoms with Gasteiger partial charge in [-0.3, -0.25) is 9.59 Å². The molecule has 0 aliphatic carbocycles. The summed E-state index contributed by atoms with van der Waals surface area (Å²) in [5.41, 5.74) is 0. The number of carboxylic acid groups (broad SMARTS) is 1. The van der Waals surface area contributed by atoms with Crippen molar-refractivity contribution in [1.82, 2.24) is 5.32 Å². The summed E-state index contributed by atoms with van der Waals surface area (Å²) < 4.78 is 10.7. The summed E-state index contributed by atoms with van der Waals surface area (Å²) in [6, 6.07) is 7.09. The van der Waals surface area contributed by atoms with E-state index in [-0.39, 0.29) is 18.9 Å². The van der Waals surface area contributed by atoms with Crippen molar-refractivity contribution in [2.75, 3.05) is 19.8 Å². The predicted molar refractivity (Wildman–Crippen MR) is 82.2 cm³/mol. The van der Waals surface area contributed by atoms with E-state index in [1.54, 1.807) is 24.3 Å². The van der Waals surface area contributed by atoms with Gasteiger partial charge in [-0.05, 0) is 44.0 Å². The Kier molecular flexibility index (Phi) is 8.49. The number of ether oxygens (including phenoxy) is 2. The van der Waals surface area contributed by atoms with Gasteiger partial charge in [0.25, 0.3) is 5.91 Å². The molecule has 0 aliphatic heterocycles. The lowest BCUT2D eigenvalue weighted by atomic mass is 10.2. The zero-order valence-electron chi connectivity index (χ0n) is 12.8. The number of carboxylic acids is 1. The van der Waals surface area contributed by atoms with Crippen LogP contribution in [0.2, 0.25) is 0 Å². The van der Waals surface area contributed by atoms with Crippen molar-refractivity contribution >= 4 is 11.9 Å². The maximum atomic E-state index is 11.6. The Morgan fingerprint density at radius 1 is 1.05 bits per heavy atom. The monoisotopic (exact) mass is 309 g/mol. The smallest absolute Gasteiger partial charge is 0.303 e. The molecule has 0 saturated heterocycles. The van der Waals surface area contributed by atoms with Gasteiger partial charge in [0, 0.05) is 13.0 Å². The second-order valence-electron chi connectivity index (χ2n) is 4.75. The van der Waals surface area contributed by atoms with Crippen LogP contribution < -0.4 is 14.8 Å². The van der Waals surface area contributed by atoms with Gasteiger partial charge in [0.05, 0.1) is 6.61 Å². The van der Waals surface area contributed by atoms with Crippen LogP contribution in [0, 0.1) is 0 Å². The second-order valence-corrected chi connectivity index (χ2v) is 4.75. The van der Waals surface area contributed by atoms with Crippen molar-refractivity contribution in [2.45, 2.75) is 32.6 Å². The summed E-state index contributed by atoms with van der Waals surface area (Å²) in [6.07, 6.45) is 2.36. The first-order valence-corrected chi connectivity index (χ1v) is 7.46. The average molecular weight is 309 g/mol. The van der Waals surface area contributed by atoms with E-state index >= 15 is 0 Å². The topological polar surface area (TPSA) is 84.9 Å². The van der Waals surface area contributed by atoms with Crippen molar-refractivity contribution in [3.8, 4) is 11.5 Å². The lowest BCUT2D eigenvalue weighted by Crippen LogP contribution is -2.29. The highest BCUT2D eigenvalue weighted by molar-refractivity contribution is 5.77. The van der Waals surface area contributed by atoms with Gasteiger partial charge >= 0.3 is 5.97 Å². The highest BCUT2D eigenvalue weighted by atomic mass is 16.5. The second kappa shape index (κ2) is 10.5. The van der Waals surface area contributed by atoms with Gasteiger partial charge in [0.15, 0.2) is 6.61 Å². The molecule has 122 valence electrons. The van der Waals surface area contributed by atoms with Crippen LogP contribution in [0.1, 0.15) is 32.6 Å². The molecule has 0 bridgehead atoms. The van der Waals surface area contributed by atoms with Gasteiger partial charge < -0.3 is 19.9 Å². The molecule has 2 N–H and O–H groups in total. The fourth-order valence-electron chi connectivity index (χ4n) is 1.80. The van der Waals surface area contributed by atoms with Crippen LogP contribution in [0.15, 0.2) is 24.3 Å². The van der Waals surface area contributed by atoms with E-state index in [0.29, 0.717) is 25.3 Å². The minimum Gasteiger partial charge on any atom is -0.494 e. The Balaban J connectivity index is 2.11. The first-order valence-electron chi connectivity index (χ1n) is 7.46. The number of aliphatic carboxylic acids is 1. The van der Waals surface area contributed by atoms with E-state index in [2.05, 4.69) is 5.32 Å². The molecule has 6 nitrogen and oxygen atoms in total. The van der Waals surface area contributed by atoms with Crippen molar-refractivity contribution in [3.05, 3.63) is 24.3 Å². The third-order valence-electron chi connectivity index (χ3n) is 2.89. The molecule has 0 aromatic heterocycles. The van der Waals surface area contributed by atoms with Crippen LogP contribution in [0.4, 0.5) is 0 Å². The van der Waals surface area contributed by atoms with Crippen molar-refractivity contribution in [3.63, 3.8) is 0 Å². The molecule has 22 heavy (non-hydrogen) atoms. The van der Waals surface area contributed by atoms with E-state index in [1.807, 2.05) is 6.92 Å². The molecule has 0 aliphatic rings. The van der Waals surface area contributed by atoms with Crippen LogP contribution in [0.25, 0.3) is 0 Å². The molecular weight excluding hydrogens is 286 g/mol. The normalized spacial score (nSPS) is 10.0. The Labute approximate surface area is 130 Å². The molecule has 1 rings (SSSR count). The minimum atomic E-state index is -0.784. The van der Waals surface area contributed by atoms with Crippen molar-refractivity contribution in [2.24, 2.45) is 0 Å². The summed E-state index contributed by atoms with van der Waals surface area (Å²) in [5.74, 6) is 0.403. The summed E-state index contributed by atoms with van der Waals surface area (Å²) in [5, 5.41) is 11.2. The summed E-state index contributed by atoms with van der Waals surface area (Å²) in [7, 11) is 0. The number of hydrogen-bond donors (Lipinski definition) is 2. The number of carbonyl (C=O) groups is 2. The van der Waals surface area contributed by atoms with Gasteiger partial charge in [-0.25, -0.2) is 0 Å². The standard InChI is InChI=1S/C16H23NO5/c1-2-21-13-7-9-14(10-8-13)22-12-15(18)17-11-5-3-4-6-16(19)20/h7-10H,2-6,11-12H2,1H3,(H,17,18)(H,19,20). The minimum absolute atomic E-state index is 0.0386. The number of amides is 1. The molecule has 0 atom stereocenters. The highest BCUT2D eigenvalue weighted by Crippen LogP contribution is 2.17.